The summed E-state index contributed by atoms with van der Waals surface area (Å²) >= 11 is 0. The molecule has 1 amide bonds. The minimum atomic E-state index is -0.186. The summed E-state index contributed by atoms with van der Waals surface area (Å²) in [7, 11) is 3.14. The average Bonchev–Trinajstić information content (AvgIpc) is 2.53. The number of carbonyl (C=O) groups is 1. The van der Waals surface area contributed by atoms with Gasteiger partial charge in [-0.15, -0.1) is 0 Å². The molecule has 1 heterocycles. The number of amides is 1. The van der Waals surface area contributed by atoms with E-state index in [-0.39, 0.29) is 12.5 Å². The molecule has 2 N–H and O–H groups in total. The Morgan fingerprint density at radius 3 is 2.95 bits per heavy atom. The molecule has 0 radical (unpaired) electrons. The highest BCUT2D eigenvalue weighted by Gasteiger charge is 2.12. The fourth-order valence-electron chi connectivity index (χ4n) is 1.88. The maximum absolute atomic E-state index is 11.2. The molecule has 1 aliphatic rings. The van der Waals surface area contributed by atoms with Gasteiger partial charge < -0.3 is 20.1 Å². The van der Waals surface area contributed by atoms with Gasteiger partial charge in [0.05, 0.1) is 7.11 Å². The number of hydrogen-bond acceptors (Lipinski definition) is 5. The quantitative estimate of drug-likeness (QED) is 0.825. The summed E-state index contributed by atoms with van der Waals surface area (Å²) in [5, 5.41) is 5.76. The van der Waals surface area contributed by atoms with E-state index >= 15 is 0 Å². The van der Waals surface area contributed by atoms with Crippen LogP contribution in [0.15, 0.2) is 23.2 Å². The van der Waals surface area contributed by atoms with Gasteiger partial charge in [-0.05, 0) is 24.6 Å². The van der Waals surface area contributed by atoms with E-state index in [0.717, 1.165) is 30.9 Å². The minimum Gasteiger partial charge on any atom is -0.493 e. The van der Waals surface area contributed by atoms with Crippen molar-refractivity contribution in [2.75, 3.05) is 33.9 Å². The van der Waals surface area contributed by atoms with Crippen LogP contribution < -0.4 is 20.1 Å². The van der Waals surface area contributed by atoms with Gasteiger partial charge in [-0.3, -0.25) is 9.79 Å². The van der Waals surface area contributed by atoms with Gasteiger partial charge in [-0.2, -0.15) is 0 Å². The topological polar surface area (TPSA) is 72.0 Å². The van der Waals surface area contributed by atoms with E-state index in [1.807, 2.05) is 12.1 Å². The van der Waals surface area contributed by atoms with Crippen LogP contribution in [0.1, 0.15) is 12.0 Å². The molecule has 0 spiro atoms. The number of methoxy groups -OCH3 is 1. The first-order valence-corrected chi connectivity index (χ1v) is 6.54. The van der Waals surface area contributed by atoms with Gasteiger partial charge in [0.2, 0.25) is 0 Å². The first-order chi connectivity index (χ1) is 9.74. The van der Waals surface area contributed by atoms with Crippen molar-refractivity contribution in [2.45, 2.75) is 6.42 Å². The molecule has 20 heavy (non-hydrogen) atoms. The van der Waals surface area contributed by atoms with E-state index < -0.39 is 0 Å². The van der Waals surface area contributed by atoms with Crippen molar-refractivity contribution in [1.29, 1.82) is 0 Å². The van der Waals surface area contributed by atoms with Crippen molar-refractivity contribution >= 4 is 11.7 Å². The molecule has 6 nitrogen and oxygen atoms in total. The average molecular weight is 277 g/mol. The first kappa shape index (κ1) is 14.2. The number of benzene rings is 1. The highest BCUT2D eigenvalue weighted by molar-refractivity contribution is 5.99. The molecule has 0 bridgehead atoms. The second kappa shape index (κ2) is 6.79. The molecular weight excluding hydrogens is 258 g/mol. The summed E-state index contributed by atoms with van der Waals surface area (Å²) in [6, 6.07) is 5.55. The summed E-state index contributed by atoms with van der Waals surface area (Å²) in [5.74, 6) is 1.81. The molecule has 1 aromatic rings. The lowest BCUT2D eigenvalue weighted by Gasteiger charge is -2.16. The van der Waals surface area contributed by atoms with Crippen LogP contribution in [0.2, 0.25) is 0 Å². The van der Waals surface area contributed by atoms with Crippen molar-refractivity contribution in [3.05, 3.63) is 23.8 Å². The van der Waals surface area contributed by atoms with Crippen molar-refractivity contribution in [3.63, 3.8) is 0 Å². The standard InChI is InChI=1S/C14H19N3O3/c1-15-13(18)9-20-11-5-4-10(8-12(11)19-2)14-16-6-3-7-17-14/h4-5,8H,3,6-7,9H2,1-2H3,(H,15,18)(H,16,17). The number of hydrogen-bond donors (Lipinski definition) is 2. The number of ether oxygens (including phenoxy) is 2. The number of likely N-dealkylation sites (N-methyl/N-ethyl adjacent to an activating group) is 1. The van der Waals surface area contributed by atoms with Gasteiger partial charge in [-0.1, -0.05) is 0 Å². The molecule has 0 aliphatic carbocycles. The van der Waals surface area contributed by atoms with Crippen LogP contribution in [0.3, 0.4) is 0 Å². The molecule has 0 atom stereocenters. The Morgan fingerprint density at radius 1 is 1.45 bits per heavy atom. The lowest BCUT2D eigenvalue weighted by Crippen LogP contribution is -2.30. The van der Waals surface area contributed by atoms with Crippen LogP contribution in [0, 0.1) is 0 Å². The van der Waals surface area contributed by atoms with Crippen LogP contribution in [0.5, 0.6) is 11.5 Å². The molecule has 1 aromatic carbocycles. The van der Waals surface area contributed by atoms with Crippen LogP contribution in [-0.4, -0.2) is 45.6 Å². The van der Waals surface area contributed by atoms with Gasteiger partial charge in [0, 0.05) is 25.7 Å². The number of nitrogens with zero attached hydrogens (tertiary/aromatic N) is 1. The van der Waals surface area contributed by atoms with E-state index in [2.05, 4.69) is 15.6 Å². The Balaban J connectivity index is 2.15. The fraction of sp³-hybridized carbons (Fsp3) is 0.429. The van der Waals surface area contributed by atoms with E-state index in [0.29, 0.717) is 11.5 Å². The normalized spacial score (nSPS) is 14.0. The van der Waals surface area contributed by atoms with E-state index in [1.165, 1.54) is 0 Å². The van der Waals surface area contributed by atoms with Crippen LogP contribution in [-0.2, 0) is 4.79 Å². The van der Waals surface area contributed by atoms with Gasteiger partial charge in [-0.25, -0.2) is 0 Å². The predicted molar refractivity (Wildman–Crippen MR) is 76.6 cm³/mol. The summed E-state index contributed by atoms with van der Waals surface area (Å²) in [6.07, 6.45) is 1.05. The monoisotopic (exact) mass is 277 g/mol. The van der Waals surface area contributed by atoms with Gasteiger partial charge >= 0.3 is 0 Å². The van der Waals surface area contributed by atoms with Crippen LogP contribution >= 0.6 is 0 Å². The Labute approximate surface area is 118 Å². The smallest absolute Gasteiger partial charge is 0.257 e. The zero-order chi connectivity index (χ0) is 14.4. The highest BCUT2D eigenvalue weighted by atomic mass is 16.5. The SMILES string of the molecule is CNC(=O)COc1ccc(C2=NCCCN2)cc1OC. The summed E-state index contributed by atoms with van der Waals surface area (Å²) in [5.41, 5.74) is 0.953. The minimum absolute atomic E-state index is 0.0363. The highest BCUT2D eigenvalue weighted by Crippen LogP contribution is 2.28. The number of aliphatic imine (C=N–C) groups is 1. The second-order valence-corrected chi connectivity index (χ2v) is 4.34. The Morgan fingerprint density at radius 2 is 2.30 bits per heavy atom. The third-order valence-corrected chi connectivity index (χ3v) is 2.97. The Kier molecular flexibility index (Phi) is 4.81. The molecule has 0 saturated carbocycles. The molecule has 0 unspecified atom stereocenters. The molecule has 1 aliphatic heterocycles. The molecular formula is C14H19N3O3. The third-order valence-electron chi connectivity index (χ3n) is 2.97. The first-order valence-electron chi connectivity index (χ1n) is 6.54. The number of rotatable bonds is 5. The molecule has 0 fully saturated rings. The second-order valence-electron chi connectivity index (χ2n) is 4.34. The van der Waals surface area contributed by atoms with Crippen molar-refractivity contribution in [2.24, 2.45) is 4.99 Å². The van der Waals surface area contributed by atoms with Gasteiger partial charge in [0.1, 0.15) is 5.84 Å². The van der Waals surface area contributed by atoms with Gasteiger partial charge in [0.25, 0.3) is 5.91 Å². The molecule has 6 heteroatoms. The largest absolute Gasteiger partial charge is 0.493 e. The molecule has 108 valence electrons. The summed E-state index contributed by atoms with van der Waals surface area (Å²) in [4.78, 5) is 15.6. The zero-order valence-corrected chi connectivity index (χ0v) is 11.7. The Bertz CT molecular complexity index is 514. The predicted octanol–water partition coefficient (Wildman–Crippen LogP) is 0.560. The van der Waals surface area contributed by atoms with Gasteiger partial charge in [0.15, 0.2) is 18.1 Å². The van der Waals surface area contributed by atoms with Crippen molar-refractivity contribution in [1.82, 2.24) is 10.6 Å². The maximum atomic E-state index is 11.2. The summed E-state index contributed by atoms with van der Waals surface area (Å²) in [6.45, 7) is 1.72. The molecule has 0 aromatic heterocycles. The van der Waals surface area contributed by atoms with E-state index in [1.54, 1.807) is 20.2 Å². The third kappa shape index (κ3) is 3.40. The van der Waals surface area contributed by atoms with Crippen molar-refractivity contribution < 1.29 is 14.3 Å². The van der Waals surface area contributed by atoms with E-state index in [9.17, 15) is 4.79 Å². The number of carbonyl (C=O) groups excluding carboxylic acids is 1. The lowest BCUT2D eigenvalue weighted by molar-refractivity contribution is -0.122. The van der Waals surface area contributed by atoms with E-state index in [4.69, 9.17) is 9.47 Å². The van der Waals surface area contributed by atoms with Crippen LogP contribution in [0.25, 0.3) is 0 Å². The number of amidine groups is 1. The molecule has 0 saturated heterocycles. The van der Waals surface area contributed by atoms with Crippen molar-refractivity contribution in [3.8, 4) is 11.5 Å². The summed E-state index contributed by atoms with van der Waals surface area (Å²) < 4.78 is 10.7. The fourth-order valence-corrected chi connectivity index (χ4v) is 1.88. The lowest BCUT2D eigenvalue weighted by atomic mass is 10.1. The zero-order valence-electron chi connectivity index (χ0n) is 11.7. The Hall–Kier alpha value is -2.24. The maximum Gasteiger partial charge on any atom is 0.257 e. The number of nitrogens with one attached hydrogen (secondary N) is 2. The van der Waals surface area contributed by atoms with Crippen LogP contribution in [0.4, 0.5) is 0 Å². The molecule has 2 rings (SSSR count).